The van der Waals surface area contributed by atoms with E-state index >= 15 is 0 Å². The highest BCUT2D eigenvalue weighted by molar-refractivity contribution is 5.88. The first-order valence-electron chi connectivity index (χ1n) is 12.0. The van der Waals surface area contributed by atoms with Crippen molar-refractivity contribution in [2.45, 2.75) is 37.8 Å². The molecule has 2 unspecified atom stereocenters. The molecular weight excluding hydrogens is 436 g/mol. The Morgan fingerprint density at radius 3 is 2.17 bits per heavy atom. The molecule has 1 heterocycles. The smallest absolute Gasteiger partial charge is 0.245 e. The Bertz CT molecular complexity index is 1180. The maximum Gasteiger partial charge on any atom is 0.245 e. The quantitative estimate of drug-likeness (QED) is 0.525. The summed E-state index contributed by atoms with van der Waals surface area (Å²) in [6.07, 6.45) is 2.41. The van der Waals surface area contributed by atoms with Crippen molar-refractivity contribution >= 4 is 11.8 Å². The van der Waals surface area contributed by atoms with Gasteiger partial charge in [0.05, 0.1) is 11.6 Å². The van der Waals surface area contributed by atoms with Crippen molar-refractivity contribution in [3.8, 4) is 17.2 Å². The molecule has 0 aromatic heterocycles. The van der Waals surface area contributed by atoms with Crippen LogP contribution in [0.2, 0.25) is 0 Å². The molecule has 2 amide bonds. The van der Waals surface area contributed by atoms with E-state index in [2.05, 4.69) is 11.4 Å². The van der Waals surface area contributed by atoms with Crippen LogP contribution in [0.1, 0.15) is 42.0 Å². The Kier molecular flexibility index (Phi) is 7.92. The number of nitriles is 1. The van der Waals surface area contributed by atoms with Gasteiger partial charge in [0.15, 0.2) is 0 Å². The standard InChI is InChI=1S/C29H30N4O2/c30-20-22-10-8-21(9-11-22)18-27(29(35)33-16-4-5-17-33)32-28(34)19-26(31)25-14-12-24(13-15-25)23-6-2-1-3-7-23/h1-3,6-15,26-27H,4-5,16-19,31H2,(H,32,34). The van der Waals surface area contributed by atoms with E-state index in [-0.39, 0.29) is 18.2 Å². The fraction of sp³-hybridized carbons (Fsp3) is 0.276. The second kappa shape index (κ2) is 11.5. The van der Waals surface area contributed by atoms with Crippen LogP contribution in [0.4, 0.5) is 0 Å². The lowest BCUT2D eigenvalue weighted by Crippen LogP contribution is -2.49. The first-order chi connectivity index (χ1) is 17.0. The van der Waals surface area contributed by atoms with Crippen molar-refractivity contribution in [3.05, 3.63) is 95.6 Å². The van der Waals surface area contributed by atoms with Crippen molar-refractivity contribution in [3.63, 3.8) is 0 Å². The van der Waals surface area contributed by atoms with E-state index < -0.39 is 12.1 Å². The molecule has 0 radical (unpaired) electrons. The van der Waals surface area contributed by atoms with Gasteiger partial charge < -0.3 is 16.0 Å². The van der Waals surface area contributed by atoms with Gasteiger partial charge in [-0.15, -0.1) is 0 Å². The second-order valence-electron chi connectivity index (χ2n) is 8.96. The molecule has 35 heavy (non-hydrogen) atoms. The summed E-state index contributed by atoms with van der Waals surface area (Å²) >= 11 is 0. The Morgan fingerprint density at radius 1 is 0.914 bits per heavy atom. The van der Waals surface area contributed by atoms with E-state index in [9.17, 15) is 9.59 Å². The molecule has 3 N–H and O–H groups in total. The lowest BCUT2D eigenvalue weighted by molar-refractivity contribution is -0.135. The molecule has 3 aromatic carbocycles. The minimum atomic E-state index is -0.666. The van der Waals surface area contributed by atoms with Gasteiger partial charge in [-0.05, 0) is 47.2 Å². The Labute approximate surface area is 206 Å². The van der Waals surface area contributed by atoms with Gasteiger partial charge in [0, 0.05) is 32.0 Å². The molecule has 1 fully saturated rings. The van der Waals surface area contributed by atoms with Crippen LogP contribution in [0.25, 0.3) is 11.1 Å². The van der Waals surface area contributed by atoms with Crippen molar-refractivity contribution in [2.75, 3.05) is 13.1 Å². The summed E-state index contributed by atoms with van der Waals surface area (Å²) in [5.41, 5.74) is 10.9. The summed E-state index contributed by atoms with van der Waals surface area (Å²) in [6.45, 7) is 1.43. The summed E-state index contributed by atoms with van der Waals surface area (Å²) in [6, 6.07) is 26.1. The van der Waals surface area contributed by atoms with Crippen LogP contribution in [0, 0.1) is 11.3 Å². The molecule has 4 rings (SSSR count). The molecule has 2 atom stereocenters. The van der Waals surface area contributed by atoms with Gasteiger partial charge in [0.25, 0.3) is 0 Å². The number of nitrogens with one attached hydrogen (secondary N) is 1. The molecular formula is C29H30N4O2. The van der Waals surface area contributed by atoms with E-state index in [1.54, 1.807) is 12.1 Å². The Morgan fingerprint density at radius 2 is 1.54 bits per heavy atom. The number of likely N-dealkylation sites (tertiary alicyclic amines) is 1. The zero-order chi connectivity index (χ0) is 24.6. The van der Waals surface area contributed by atoms with E-state index in [1.165, 1.54) is 0 Å². The highest BCUT2D eigenvalue weighted by Gasteiger charge is 2.28. The lowest BCUT2D eigenvalue weighted by atomic mass is 9.99. The predicted molar refractivity (Wildman–Crippen MR) is 136 cm³/mol. The topological polar surface area (TPSA) is 99.2 Å². The molecule has 0 aliphatic carbocycles. The van der Waals surface area contributed by atoms with Gasteiger partial charge in [-0.1, -0.05) is 66.7 Å². The first kappa shape index (κ1) is 24.2. The monoisotopic (exact) mass is 466 g/mol. The van der Waals surface area contributed by atoms with E-state index in [0.29, 0.717) is 25.1 Å². The number of carbonyl (C=O) groups is 2. The number of carbonyl (C=O) groups excluding carboxylic acids is 2. The average molecular weight is 467 g/mol. The number of hydrogen-bond acceptors (Lipinski definition) is 4. The number of benzene rings is 3. The summed E-state index contributed by atoms with van der Waals surface area (Å²) in [7, 11) is 0. The van der Waals surface area contributed by atoms with Crippen LogP contribution in [-0.4, -0.2) is 35.8 Å². The van der Waals surface area contributed by atoms with Crippen LogP contribution in [0.15, 0.2) is 78.9 Å². The number of rotatable bonds is 8. The highest BCUT2D eigenvalue weighted by Crippen LogP contribution is 2.22. The average Bonchev–Trinajstić information content (AvgIpc) is 3.44. The van der Waals surface area contributed by atoms with Gasteiger partial charge in [-0.2, -0.15) is 5.26 Å². The highest BCUT2D eigenvalue weighted by atomic mass is 16.2. The van der Waals surface area contributed by atoms with Crippen molar-refractivity contribution in [1.29, 1.82) is 5.26 Å². The summed E-state index contributed by atoms with van der Waals surface area (Å²) < 4.78 is 0. The van der Waals surface area contributed by atoms with Gasteiger partial charge in [-0.3, -0.25) is 9.59 Å². The molecule has 0 spiro atoms. The molecule has 0 saturated carbocycles. The predicted octanol–water partition coefficient (Wildman–Crippen LogP) is 3.97. The van der Waals surface area contributed by atoms with Crippen LogP contribution in [-0.2, 0) is 16.0 Å². The number of amides is 2. The van der Waals surface area contributed by atoms with E-state index in [1.807, 2.05) is 71.6 Å². The molecule has 178 valence electrons. The maximum absolute atomic E-state index is 13.2. The van der Waals surface area contributed by atoms with Crippen molar-refractivity contribution in [1.82, 2.24) is 10.2 Å². The number of nitrogens with two attached hydrogens (primary N) is 1. The van der Waals surface area contributed by atoms with Gasteiger partial charge in [0.2, 0.25) is 11.8 Å². The number of nitrogens with zero attached hydrogens (tertiary/aromatic N) is 2. The molecule has 0 bridgehead atoms. The third-order valence-electron chi connectivity index (χ3n) is 6.43. The van der Waals surface area contributed by atoms with Crippen molar-refractivity contribution in [2.24, 2.45) is 5.73 Å². The van der Waals surface area contributed by atoms with E-state index in [0.717, 1.165) is 35.1 Å². The van der Waals surface area contributed by atoms with Crippen LogP contribution in [0.5, 0.6) is 0 Å². The van der Waals surface area contributed by atoms with Gasteiger partial charge in [0.1, 0.15) is 6.04 Å². The minimum Gasteiger partial charge on any atom is -0.344 e. The van der Waals surface area contributed by atoms with Gasteiger partial charge >= 0.3 is 0 Å². The third kappa shape index (κ3) is 6.34. The van der Waals surface area contributed by atoms with Crippen LogP contribution >= 0.6 is 0 Å². The molecule has 1 aliphatic rings. The first-order valence-corrected chi connectivity index (χ1v) is 12.0. The second-order valence-corrected chi connectivity index (χ2v) is 8.96. The Hall–Kier alpha value is -3.95. The summed E-state index contributed by atoms with van der Waals surface area (Å²) in [5.74, 6) is -0.322. The molecule has 6 nitrogen and oxygen atoms in total. The SMILES string of the molecule is N#Cc1ccc(CC(NC(=O)CC(N)c2ccc(-c3ccccc3)cc2)C(=O)N2CCCC2)cc1. The summed E-state index contributed by atoms with van der Waals surface area (Å²) in [5, 5.41) is 12.0. The summed E-state index contributed by atoms with van der Waals surface area (Å²) in [4.78, 5) is 27.9. The maximum atomic E-state index is 13.2. The van der Waals surface area contributed by atoms with Crippen molar-refractivity contribution < 1.29 is 9.59 Å². The number of hydrogen-bond donors (Lipinski definition) is 2. The van der Waals surface area contributed by atoms with Crippen LogP contribution < -0.4 is 11.1 Å². The molecule has 1 saturated heterocycles. The fourth-order valence-corrected chi connectivity index (χ4v) is 4.43. The van der Waals surface area contributed by atoms with Gasteiger partial charge in [-0.25, -0.2) is 0 Å². The molecule has 3 aromatic rings. The molecule has 1 aliphatic heterocycles. The Balaban J connectivity index is 1.41. The zero-order valence-corrected chi connectivity index (χ0v) is 19.7. The normalized spacial score (nSPS) is 14.7. The van der Waals surface area contributed by atoms with Crippen LogP contribution in [0.3, 0.4) is 0 Å². The minimum absolute atomic E-state index is 0.0685. The third-order valence-corrected chi connectivity index (χ3v) is 6.43. The largest absolute Gasteiger partial charge is 0.344 e. The zero-order valence-electron chi connectivity index (χ0n) is 19.7. The molecule has 6 heteroatoms. The lowest BCUT2D eigenvalue weighted by Gasteiger charge is -2.25. The fourth-order valence-electron chi connectivity index (χ4n) is 4.43. The van der Waals surface area contributed by atoms with E-state index in [4.69, 9.17) is 11.0 Å².